The molecule has 1 atom stereocenters. The first kappa shape index (κ1) is 12.9. The summed E-state index contributed by atoms with van der Waals surface area (Å²) in [6.45, 7) is 6.14. The Kier molecular flexibility index (Phi) is 3.54. The summed E-state index contributed by atoms with van der Waals surface area (Å²) in [5.41, 5.74) is 3.82. The van der Waals surface area contributed by atoms with Gasteiger partial charge in [-0.05, 0) is 31.9 Å². The maximum absolute atomic E-state index is 4.23. The number of hydrogen-bond acceptors (Lipinski definition) is 4. The third kappa shape index (κ3) is 2.59. The van der Waals surface area contributed by atoms with Crippen LogP contribution in [0.2, 0.25) is 0 Å². The van der Waals surface area contributed by atoms with Crippen molar-refractivity contribution in [2.75, 3.05) is 23.3 Å². The summed E-state index contributed by atoms with van der Waals surface area (Å²) < 4.78 is 0. The Balaban J connectivity index is 1.62. The van der Waals surface area contributed by atoms with E-state index < -0.39 is 0 Å². The van der Waals surface area contributed by atoms with E-state index >= 15 is 0 Å². The van der Waals surface area contributed by atoms with Gasteiger partial charge in [0.25, 0.3) is 0 Å². The zero-order chi connectivity index (χ0) is 13.9. The number of aromatic nitrogens is 2. The van der Waals surface area contributed by atoms with Crippen molar-refractivity contribution in [3.8, 4) is 0 Å². The Morgan fingerprint density at radius 2 is 2.15 bits per heavy atom. The fraction of sp³-hybridized carbons (Fsp3) is 0.375. The number of nitrogens with one attached hydrogen (secondary N) is 1. The van der Waals surface area contributed by atoms with E-state index in [0.717, 1.165) is 31.0 Å². The van der Waals surface area contributed by atoms with Crippen LogP contribution < -0.4 is 10.2 Å². The van der Waals surface area contributed by atoms with Crippen LogP contribution in [0.1, 0.15) is 18.2 Å². The Morgan fingerprint density at radius 1 is 1.30 bits per heavy atom. The second kappa shape index (κ2) is 5.49. The molecular formula is C16H20N4. The van der Waals surface area contributed by atoms with Crippen LogP contribution in [-0.4, -0.2) is 29.1 Å². The van der Waals surface area contributed by atoms with Gasteiger partial charge in [0, 0.05) is 36.6 Å². The highest BCUT2D eigenvalue weighted by molar-refractivity contribution is 5.59. The van der Waals surface area contributed by atoms with Crippen molar-refractivity contribution >= 4 is 11.5 Å². The Labute approximate surface area is 119 Å². The fourth-order valence-electron chi connectivity index (χ4n) is 2.83. The van der Waals surface area contributed by atoms with Crippen molar-refractivity contribution in [1.82, 2.24) is 9.97 Å². The second-order valence-electron chi connectivity index (χ2n) is 5.35. The predicted molar refractivity (Wildman–Crippen MR) is 82.2 cm³/mol. The van der Waals surface area contributed by atoms with Crippen LogP contribution in [0.15, 0.2) is 36.7 Å². The van der Waals surface area contributed by atoms with Crippen LogP contribution in [-0.2, 0) is 6.42 Å². The molecule has 4 heteroatoms. The van der Waals surface area contributed by atoms with Crippen molar-refractivity contribution in [3.05, 3.63) is 47.9 Å². The Hall–Kier alpha value is -2.10. The molecule has 20 heavy (non-hydrogen) atoms. The minimum atomic E-state index is 0.571. The molecule has 0 bridgehead atoms. The lowest BCUT2D eigenvalue weighted by atomic mass is 10.1. The smallest absolute Gasteiger partial charge is 0.129 e. The lowest BCUT2D eigenvalue weighted by Crippen LogP contribution is -2.33. The molecule has 1 aromatic carbocycles. The molecular weight excluding hydrogens is 248 g/mol. The normalized spacial score (nSPS) is 17.1. The fourth-order valence-corrected chi connectivity index (χ4v) is 2.83. The standard InChI is InChI=1S/C16H20N4/c1-12-9-16(19-11-18-12)17-7-8-20-13(2)10-14-5-3-4-6-15(14)20/h3-6,9,11,13H,7-8,10H2,1-2H3,(H,17,18,19). The lowest BCUT2D eigenvalue weighted by molar-refractivity contribution is 0.680. The van der Waals surface area contributed by atoms with Gasteiger partial charge in [-0.15, -0.1) is 0 Å². The summed E-state index contributed by atoms with van der Waals surface area (Å²) in [6.07, 6.45) is 2.74. The number of nitrogens with zero attached hydrogens (tertiary/aromatic N) is 3. The molecule has 1 unspecified atom stereocenters. The Bertz CT molecular complexity index is 597. The van der Waals surface area contributed by atoms with E-state index in [2.05, 4.69) is 51.4 Å². The molecule has 0 radical (unpaired) electrons. The molecule has 0 amide bonds. The van der Waals surface area contributed by atoms with E-state index in [1.165, 1.54) is 11.3 Å². The van der Waals surface area contributed by atoms with Gasteiger partial charge < -0.3 is 10.2 Å². The van der Waals surface area contributed by atoms with Crippen molar-refractivity contribution in [1.29, 1.82) is 0 Å². The number of aryl methyl sites for hydroxylation is 1. The van der Waals surface area contributed by atoms with Gasteiger partial charge in [0.15, 0.2) is 0 Å². The van der Waals surface area contributed by atoms with E-state index in [4.69, 9.17) is 0 Å². The molecule has 104 valence electrons. The first-order valence-electron chi connectivity index (χ1n) is 7.11. The van der Waals surface area contributed by atoms with Crippen LogP contribution in [0.4, 0.5) is 11.5 Å². The van der Waals surface area contributed by atoms with Gasteiger partial charge in [0.2, 0.25) is 0 Å². The van der Waals surface area contributed by atoms with Crippen molar-refractivity contribution in [3.63, 3.8) is 0 Å². The third-order valence-electron chi connectivity index (χ3n) is 3.81. The molecule has 0 fully saturated rings. The molecule has 2 heterocycles. The van der Waals surface area contributed by atoms with Gasteiger partial charge in [0.1, 0.15) is 12.1 Å². The number of anilines is 2. The van der Waals surface area contributed by atoms with Gasteiger partial charge in [-0.3, -0.25) is 0 Å². The SMILES string of the molecule is Cc1cc(NCCN2c3ccccc3CC2C)ncn1. The minimum Gasteiger partial charge on any atom is -0.368 e. The summed E-state index contributed by atoms with van der Waals surface area (Å²) in [5.74, 6) is 0.901. The number of fused-ring (bicyclic) bond motifs is 1. The predicted octanol–water partition coefficient (Wildman–Crippen LogP) is 2.65. The van der Waals surface area contributed by atoms with Crippen LogP contribution in [0.3, 0.4) is 0 Å². The quantitative estimate of drug-likeness (QED) is 0.925. The molecule has 2 aromatic rings. The highest BCUT2D eigenvalue weighted by atomic mass is 15.2. The van der Waals surface area contributed by atoms with Crippen LogP contribution in [0.25, 0.3) is 0 Å². The van der Waals surface area contributed by atoms with Crippen molar-refractivity contribution in [2.24, 2.45) is 0 Å². The first-order chi connectivity index (χ1) is 9.74. The minimum absolute atomic E-state index is 0.571. The van der Waals surface area contributed by atoms with Gasteiger partial charge in [-0.1, -0.05) is 18.2 Å². The van der Waals surface area contributed by atoms with Gasteiger partial charge in [-0.2, -0.15) is 0 Å². The van der Waals surface area contributed by atoms with Gasteiger partial charge in [-0.25, -0.2) is 9.97 Å². The number of para-hydroxylation sites is 1. The molecule has 4 nitrogen and oxygen atoms in total. The third-order valence-corrected chi connectivity index (χ3v) is 3.81. The second-order valence-corrected chi connectivity index (χ2v) is 5.35. The average Bonchev–Trinajstić information content (AvgIpc) is 2.75. The molecule has 0 saturated heterocycles. The molecule has 0 saturated carbocycles. The van der Waals surface area contributed by atoms with E-state index in [1.54, 1.807) is 6.33 Å². The highest BCUT2D eigenvalue weighted by Gasteiger charge is 2.24. The average molecular weight is 268 g/mol. The molecule has 1 aliphatic heterocycles. The lowest BCUT2D eigenvalue weighted by Gasteiger charge is -2.25. The highest BCUT2D eigenvalue weighted by Crippen LogP contribution is 2.31. The molecule has 0 spiro atoms. The molecule has 1 aromatic heterocycles. The van der Waals surface area contributed by atoms with Crippen LogP contribution >= 0.6 is 0 Å². The number of benzene rings is 1. The van der Waals surface area contributed by atoms with Crippen LogP contribution in [0.5, 0.6) is 0 Å². The van der Waals surface area contributed by atoms with Gasteiger partial charge in [0.05, 0.1) is 0 Å². The maximum atomic E-state index is 4.23. The molecule has 0 aliphatic carbocycles. The summed E-state index contributed by atoms with van der Waals surface area (Å²) >= 11 is 0. The van der Waals surface area contributed by atoms with Crippen molar-refractivity contribution in [2.45, 2.75) is 26.3 Å². The van der Waals surface area contributed by atoms with E-state index in [1.807, 2.05) is 13.0 Å². The molecule has 1 N–H and O–H groups in total. The molecule has 1 aliphatic rings. The zero-order valence-corrected chi connectivity index (χ0v) is 12.0. The van der Waals surface area contributed by atoms with E-state index in [9.17, 15) is 0 Å². The zero-order valence-electron chi connectivity index (χ0n) is 12.0. The van der Waals surface area contributed by atoms with Crippen molar-refractivity contribution < 1.29 is 0 Å². The summed E-state index contributed by atoms with van der Waals surface area (Å²) in [4.78, 5) is 10.8. The monoisotopic (exact) mass is 268 g/mol. The first-order valence-corrected chi connectivity index (χ1v) is 7.11. The largest absolute Gasteiger partial charge is 0.368 e. The summed E-state index contributed by atoms with van der Waals surface area (Å²) in [5, 5.41) is 3.37. The topological polar surface area (TPSA) is 41.0 Å². The van der Waals surface area contributed by atoms with E-state index in [-0.39, 0.29) is 0 Å². The van der Waals surface area contributed by atoms with Crippen LogP contribution in [0, 0.1) is 6.92 Å². The molecule has 3 rings (SSSR count). The van der Waals surface area contributed by atoms with E-state index in [0.29, 0.717) is 6.04 Å². The van der Waals surface area contributed by atoms with Gasteiger partial charge >= 0.3 is 0 Å². The summed E-state index contributed by atoms with van der Waals surface area (Å²) in [7, 11) is 0. The summed E-state index contributed by atoms with van der Waals surface area (Å²) in [6, 6.07) is 11.2. The Morgan fingerprint density at radius 3 is 3.00 bits per heavy atom. The number of rotatable bonds is 4. The maximum Gasteiger partial charge on any atom is 0.129 e. The number of hydrogen-bond donors (Lipinski definition) is 1.